The Bertz CT molecular complexity index is 92.6. The molecule has 3 heteroatoms. The molecule has 0 spiro atoms. The standard InChI is InChI=1S/C5H10N2S/c8-7-6-5-3-1-2-4-5/h7-8H,1-4H2. The van der Waals surface area contributed by atoms with Gasteiger partial charge < -0.3 is 0 Å². The molecule has 0 unspecified atom stereocenters. The molecule has 1 aliphatic carbocycles. The molecular weight excluding hydrogens is 120 g/mol. The predicted octanol–water partition coefficient (Wildman–Crippen LogP) is 1.35. The van der Waals surface area contributed by atoms with E-state index < -0.39 is 0 Å². The zero-order valence-corrected chi connectivity index (χ0v) is 5.62. The van der Waals surface area contributed by atoms with E-state index in [4.69, 9.17) is 0 Å². The van der Waals surface area contributed by atoms with Crippen LogP contribution in [-0.2, 0) is 0 Å². The highest BCUT2D eigenvalue weighted by Crippen LogP contribution is 2.13. The van der Waals surface area contributed by atoms with Gasteiger partial charge in [0, 0.05) is 5.71 Å². The van der Waals surface area contributed by atoms with Crippen LogP contribution in [0, 0.1) is 0 Å². The highest BCUT2D eigenvalue weighted by molar-refractivity contribution is 7.78. The van der Waals surface area contributed by atoms with Crippen molar-refractivity contribution in [2.75, 3.05) is 0 Å². The molecule has 1 N–H and O–H groups in total. The maximum atomic E-state index is 3.95. The van der Waals surface area contributed by atoms with Gasteiger partial charge in [-0.2, -0.15) is 5.10 Å². The minimum absolute atomic E-state index is 1.16. The smallest absolute Gasteiger partial charge is 0.0388 e. The Hall–Kier alpha value is -0.180. The molecule has 1 fully saturated rings. The fourth-order valence-corrected chi connectivity index (χ4v) is 1.11. The third kappa shape index (κ3) is 1.40. The summed E-state index contributed by atoms with van der Waals surface area (Å²) in [5, 5.41) is 3.95. The minimum Gasteiger partial charge on any atom is -0.255 e. The molecule has 1 saturated carbocycles. The minimum atomic E-state index is 1.16. The van der Waals surface area contributed by atoms with Crippen LogP contribution in [0.3, 0.4) is 0 Å². The molecule has 0 aliphatic heterocycles. The quantitative estimate of drug-likeness (QED) is 0.406. The number of rotatable bonds is 1. The van der Waals surface area contributed by atoms with E-state index in [9.17, 15) is 0 Å². The van der Waals surface area contributed by atoms with Gasteiger partial charge in [-0.05, 0) is 25.7 Å². The summed E-state index contributed by atoms with van der Waals surface area (Å²) in [5.41, 5.74) is 1.26. The Morgan fingerprint density at radius 3 is 2.50 bits per heavy atom. The molecule has 46 valence electrons. The molecular formula is C5H10N2S. The summed E-state index contributed by atoms with van der Waals surface area (Å²) in [6.45, 7) is 0. The van der Waals surface area contributed by atoms with Crippen LogP contribution in [0.2, 0.25) is 0 Å². The van der Waals surface area contributed by atoms with E-state index in [2.05, 4.69) is 22.7 Å². The summed E-state index contributed by atoms with van der Waals surface area (Å²) in [6, 6.07) is 0. The molecule has 0 saturated heterocycles. The van der Waals surface area contributed by atoms with Crippen molar-refractivity contribution in [3.8, 4) is 0 Å². The summed E-state index contributed by atoms with van der Waals surface area (Å²) in [6.07, 6.45) is 4.92. The van der Waals surface area contributed by atoms with Crippen molar-refractivity contribution in [2.45, 2.75) is 25.7 Å². The van der Waals surface area contributed by atoms with Crippen LogP contribution < -0.4 is 4.83 Å². The third-order valence-electron chi connectivity index (χ3n) is 1.39. The van der Waals surface area contributed by atoms with Gasteiger partial charge in [0.1, 0.15) is 0 Å². The zero-order valence-electron chi connectivity index (χ0n) is 4.72. The molecule has 0 aromatic carbocycles. The first kappa shape index (κ1) is 5.95. The fourth-order valence-electron chi connectivity index (χ4n) is 0.966. The topological polar surface area (TPSA) is 24.4 Å². The van der Waals surface area contributed by atoms with Gasteiger partial charge in [-0.1, -0.05) is 12.8 Å². The number of hydrogen-bond acceptors (Lipinski definition) is 3. The van der Waals surface area contributed by atoms with Crippen molar-refractivity contribution in [2.24, 2.45) is 5.10 Å². The molecule has 2 nitrogen and oxygen atoms in total. The average Bonchev–Trinajstić information content (AvgIpc) is 2.19. The predicted molar refractivity (Wildman–Crippen MR) is 38.0 cm³/mol. The monoisotopic (exact) mass is 130 g/mol. The first-order valence-corrected chi connectivity index (χ1v) is 3.33. The van der Waals surface area contributed by atoms with Crippen molar-refractivity contribution in [3.63, 3.8) is 0 Å². The van der Waals surface area contributed by atoms with Crippen LogP contribution in [0.1, 0.15) is 25.7 Å². The molecule has 0 bridgehead atoms. The van der Waals surface area contributed by atoms with Crippen molar-refractivity contribution in [1.29, 1.82) is 0 Å². The fraction of sp³-hybridized carbons (Fsp3) is 0.800. The number of hydrazone groups is 1. The van der Waals surface area contributed by atoms with E-state index in [1.807, 2.05) is 0 Å². The first-order chi connectivity index (χ1) is 3.93. The zero-order chi connectivity index (χ0) is 5.82. The van der Waals surface area contributed by atoms with E-state index >= 15 is 0 Å². The molecule has 0 aromatic rings. The van der Waals surface area contributed by atoms with Crippen LogP contribution in [0.15, 0.2) is 5.10 Å². The summed E-state index contributed by atoms with van der Waals surface area (Å²) in [4.78, 5) is 2.49. The van der Waals surface area contributed by atoms with Crippen molar-refractivity contribution in [1.82, 2.24) is 4.83 Å². The molecule has 0 heterocycles. The summed E-state index contributed by atoms with van der Waals surface area (Å²) >= 11 is 3.76. The van der Waals surface area contributed by atoms with Gasteiger partial charge in [0.2, 0.25) is 0 Å². The first-order valence-electron chi connectivity index (χ1n) is 2.88. The highest BCUT2D eigenvalue weighted by Gasteiger charge is 2.06. The molecule has 1 rings (SSSR count). The van der Waals surface area contributed by atoms with Crippen LogP contribution in [0.25, 0.3) is 0 Å². The maximum Gasteiger partial charge on any atom is 0.0388 e. The second kappa shape index (κ2) is 2.97. The Labute approximate surface area is 54.9 Å². The van der Waals surface area contributed by atoms with E-state index in [1.54, 1.807) is 0 Å². The summed E-state index contributed by atoms with van der Waals surface area (Å²) in [7, 11) is 0. The van der Waals surface area contributed by atoms with Gasteiger partial charge in [-0.3, -0.25) is 4.83 Å². The van der Waals surface area contributed by atoms with Gasteiger partial charge in [-0.25, -0.2) is 0 Å². The number of nitrogens with one attached hydrogen (secondary N) is 1. The van der Waals surface area contributed by atoms with Gasteiger partial charge in [-0.15, -0.1) is 0 Å². The molecule has 0 aromatic heterocycles. The lowest BCUT2D eigenvalue weighted by atomic mass is 10.3. The molecule has 8 heavy (non-hydrogen) atoms. The van der Waals surface area contributed by atoms with Crippen LogP contribution in [0.5, 0.6) is 0 Å². The Morgan fingerprint density at radius 1 is 1.38 bits per heavy atom. The lowest BCUT2D eigenvalue weighted by Gasteiger charge is -1.89. The highest BCUT2D eigenvalue weighted by atomic mass is 32.1. The second-order valence-electron chi connectivity index (χ2n) is 1.99. The van der Waals surface area contributed by atoms with Gasteiger partial charge in [0.05, 0.1) is 0 Å². The van der Waals surface area contributed by atoms with Crippen molar-refractivity contribution < 1.29 is 0 Å². The van der Waals surface area contributed by atoms with Crippen LogP contribution in [0.4, 0.5) is 0 Å². The summed E-state index contributed by atoms with van der Waals surface area (Å²) in [5.74, 6) is 0. The van der Waals surface area contributed by atoms with E-state index in [-0.39, 0.29) is 0 Å². The molecule has 0 atom stereocenters. The second-order valence-corrected chi connectivity index (χ2v) is 2.19. The van der Waals surface area contributed by atoms with Crippen molar-refractivity contribution >= 4 is 18.5 Å². The normalized spacial score (nSPS) is 18.9. The van der Waals surface area contributed by atoms with E-state index in [0.29, 0.717) is 0 Å². The van der Waals surface area contributed by atoms with Gasteiger partial charge >= 0.3 is 0 Å². The lowest BCUT2D eigenvalue weighted by molar-refractivity contribution is 0.886. The van der Waals surface area contributed by atoms with Crippen molar-refractivity contribution in [3.05, 3.63) is 0 Å². The Balaban J connectivity index is 2.33. The molecule has 1 aliphatic rings. The molecule has 0 amide bonds. The molecule has 0 radical (unpaired) electrons. The van der Waals surface area contributed by atoms with E-state index in [0.717, 1.165) is 12.8 Å². The largest absolute Gasteiger partial charge is 0.255 e. The lowest BCUT2D eigenvalue weighted by Crippen LogP contribution is -1.94. The van der Waals surface area contributed by atoms with Crippen LogP contribution >= 0.6 is 12.8 Å². The number of thiol groups is 1. The third-order valence-corrected chi connectivity index (χ3v) is 1.49. The number of nitrogens with zero attached hydrogens (tertiary/aromatic N) is 1. The maximum absolute atomic E-state index is 3.95. The van der Waals surface area contributed by atoms with Crippen LogP contribution in [-0.4, -0.2) is 5.71 Å². The summed E-state index contributed by atoms with van der Waals surface area (Å²) < 4.78 is 0. The van der Waals surface area contributed by atoms with Gasteiger partial charge in [0.15, 0.2) is 0 Å². The number of hydrogen-bond donors (Lipinski definition) is 2. The Morgan fingerprint density at radius 2 is 2.00 bits per heavy atom. The average molecular weight is 130 g/mol. The van der Waals surface area contributed by atoms with E-state index in [1.165, 1.54) is 18.6 Å². The SMILES string of the molecule is SNN=C1CCCC1. The Kier molecular flexibility index (Phi) is 2.21. The van der Waals surface area contributed by atoms with Gasteiger partial charge in [0.25, 0.3) is 0 Å².